The molecule has 0 radical (unpaired) electrons. The molecular formula is C16H31N3O2. The van der Waals surface area contributed by atoms with Crippen molar-refractivity contribution in [2.75, 3.05) is 39.8 Å². The normalized spacial score (nSPS) is 32.0. The number of likely N-dealkylation sites (N-methyl/N-ethyl adjacent to an activating group) is 1. The van der Waals surface area contributed by atoms with Gasteiger partial charge in [0.25, 0.3) is 0 Å². The van der Waals surface area contributed by atoms with Gasteiger partial charge in [-0.2, -0.15) is 0 Å². The fraction of sp³-hybridized carbons (Fsp3) is 0.938. The molecule has 0 aromatic rings. The van der Waals surface area contributed by atoms with Crippen molar-refractivity contribution in [3.63, 3.8) is 0 Å². The Kier molecular flexibility index (Phi) is 5.15. The number of piperidine rings is 1. The molecule has 0 aromatic carbocycles. The smallest absolute Gasteiger partial charge is 0.410 e. The lowest BCUT2D eigenvalue weighted by atomic mass is 9.80. The maximum absolute atomic E-state index is 12.2. The van der Waals surface area contributed by atoms with E-state index < -0.39 is 5.60 Å². The summed E-state index contributed by atoms with van der Waals surface area (Å²) in [5.74, 6) is 1.17. The fourth-order valence-corrected chi connectivity index (χ4v) is 3.53. The first-order chi connectivity index (χ1) is 9.78. The van der Waals surface area contributed by atoms with Gasteiger partial charge in [-0.05, 0) is 46.1 Å². The number of carbonyl (C=O) groups excluding carboxylic acids is 1. The number of hydrogen-bond acceptors (Lipinski definition) is 4. The number of rotatable bonds is 1. The first kappa shape index (κ1) is 16.6. The van der Waals surface area contributed by atoms with Gasteiger partial charge in [-0.25, -0.2) is 4.79 Å². The molecule has 0 saturated carbocycles. The van der Waals surface area contributed by atoms with E-state index in [4.69, 9.17) is 4.74 Å². The minimum Gasteiger partial charge on any atom is -0.444 e. The molecule has 0 aliphatic carbocycles. The number of piperazine rings is 1. The first-order valence-corrected chi connectivity index (χ1v) is 8.17. The summed E-state index contributed by atoms with van der Waals surface area (Å²) in [5, 5.41) is 3.50. The van der Waals surface area contributed by atoms with Crippen LogP contribution in [0.4, 0.5) is 4.79 Å². The Morgan fingerprint density at radius 2 is 2.00 bits per heavy atom. The van der Waals surface area contributed by atoms with Crippen LogP contribution in [0.15, 0.2) is 0 Å². The van der Waals surface area contributed by atoms with E-state index in [0.29, 0.717) is 17.9 Å². The number of carbonyl (C=O) groups is 1. The third-order valence-electron chi connectivity index (χ3n) is 4.68. The van der Waals surface area contributed by atoms with Gasteiger partial charge in [-0.15, -0.1) is 0 Å². The van der Waals surface area contributed by atoms with Crippen molar-refractivity contribution >= 4 is 6.09 Å². The van der Waals surface area contributed by atoms with Gasteiger partial charge in [-0.3, -0.25) is 0 Å². The molecule has 2 saturated heterocycles. The summed E-state index contributed by atoms with van der Waals surface area (Å²) < 4.78 is 5.49. The zero-order valence-corrected chi connectivity index (χ0v) is 14.2. The maximum Gasteiger partial charge on any atom is 0.410 e. The van der Waals surface area contributed by atoms with E-state index in [1.54, 1.807) is 0 Å². The molecule has 21 heavy (non-hydrogen) atoms. The third kappa shape index (κ3) is 4.33. The van der Waals surface area contributed by atoms with Crippen LogP contribution in [0.5, 0.6) is 0 Å². The van der Waals surface area contributed by atoms with Crippen molar-refractivity contribution in [2.24, 2.45) is 11.8 Å². The Morgan fingerprint density at radius 3 is 2.57 bits per heavy atom. The van der Waals surface area contributed by atoms with Crippen molar-refractivity contribution in [1.82, 2.24) is 15.1 Å². The van der Waals surface area contributed by atoms with Crippen molar-refractivity contribution in [3.8, 4) is 0 Å². The van der Waals surface area contributed by atoms with E-state index in [1.165, 1.54) is 0 Å². The molecule has 2 fully saturated rings. The summed E-state index contributed by atoms with van der Waals surface area (Å²) >= 11 is 0. The van der Waals surface area contributed by atoms with Crippen molar-refractivity contribution in [1.29, 1.82) is 0 Å². The zero-order chi connectivity index (χ0) is 15.6. The Balaban J connectivity index is 1.91. The van der Waals surface area contributed by atoms with Crippen LogP contribution in [0, 0.1) is 11.8 Å². The van der Waals surface area contributed by atoms with Gasteiger partial charge in [-0.1, -0.05) is 6.92 Å². The highest BCUT2D eigenvalue weighted by Gasteiger charge is 2.37. The highest BCUT2D eigenvalue weighted by atomic mass is 16.6. The molecule has 0 spiro atoms. The largest absolute Gasteiger partial charge is 0.444 e. The molecule has 1 amide bonds. The van der Waals surface area contributed by atoms with E-state index >= 15 is 0 Å². The lowest BCUT2D eigenvalue weighted by Gasteiger charge is -2.45. The SMILES string of the molecule is CC1CN(C(=O)OC(C)(C)C)CCC1C1CNCCN1C. The lowest BCUT2D eigenvalue weighted by Crippen LogP contribution is -2.57. The van der Waals surface area contributed by atoms with Crippen LogP contribution < -0.4 is 5.32 Å². The zero-order valence-electron chi connectivity index (χ0n) is 14.2. The molecule has 1 N–H and O–H groups in total. The molecule has 0 aromatic heterocycles. The molecule has 2 aliphatic rings. The predicted octanol–water partition coefficient (Wildman–Crippen LogP) is 1.78. The molecule has 5 heteroatoms. The topological polar surface area (TPSA) is 44.8 Å². The third-order valence-corrected chi connectivity index (χ3v) is 4.68. The van der Waals surface area contributed by atoms with Crippen LogP contribution in [-0.4, -0.2) is 67.3 Å². The molecule has 2 aliphatic heterocycles. The number of ether oxygens (including phenoxy) is 1. The van der Waals surface area contributed by atoms with Crippen molar-refractivity contribution < 1.29 is 9.53 Å². The molecule has 2 heterocycles. The van der Waals surface area contributed by atoms with Crippen LogP contribution >= 0.6 is 0 Å². The molecule has 0 bridgehead atoms. The Morgan fingerprint density at radius 1 is 1.29 bits per heavy atom. The standard InChI is InChI=1S/C16H31N3O2/c1-12-11-19(15(20)21-16(2,3)4)8-6-13(12)14-10-17-7-9-18(14)5/h12-14,17H,6-11H2,1-5H3. The fourth-order valence-electron chi connectivity index (χ4n) is 3.53. The Labute approximate surface area is 129 Å². The van der Waals surface area contributed by atoms with E-state index in [9.17, 15) is 4.79 Å². The van der Waals surface area contributed by atoms with E-state index in [-0.39, 0.29) is 6.09 Å². The average molecular weight is 297 g/mol. The van der Waals surface area contributed by atoms with Gasteiger partial charge >= 0.3 is 6.09 Å². The summed E-state index contributed by atoms with van der Waals surface area (Å²) in [5.41, 5.74) is -0.412. The summed E-state index contributed by atoms with van der Waals surface area (Å²) in [7, 11) is 2.22. The minimum absolute atomic E-state index is 0.164. The first-order valence-electron chi connectivity index (χ1n) is 8.17. The highest BCUT2D eigenvalue weighted by Crippen LogP contribution is 2.30. The Hall–Kier alpha value is -0.810. The van der Waals surface area contributed by atoms with Gasteiger partial charge in [0.2, 0.25) is 0 Å². The average Bonchev–Trinajstić information content (AvgIpc) is 2.38. The highest BCUT2D eigenvalue weighted by molar-refractivity contribution is 5.68. The number of nitrogens with one attached hydrogen (secondary N) is 1. The van der Waals surface area contributed by atoms with Crippen LogP contribution in [0.2, 0.25) is 0 Å². The van der Waals surface area contributed by atoms with Gasteiger partial charge in [0, 0.05) is 38.8 Å². The molecule has 2 rings (SSSR count). The number of hydrogen-bond donors (Lipinski definition) is 1. The number of nitrogens with zero attached hydrogens (tertiary/aromatic N) is 2. The summed E-state index contributed by atoms with van der Waals surface area (Å²) in [6.45, 7) is 12.9. The lowest BCUT2D eigenvalue weighted by molar-refractivity contribution is 0.000941. The minimum atomic E-state index is -0.412. The molecule has 5 nitrogen and oxygen atoms in total. The quantitative estimate of drug-likeness (QED) is 0.801. The van der Waals surface area contributed by atoms with E-state index in [1.807, 2.05) is 25.7 Å². The van der Waals surface area contributed by atoms with Gasteiger partial charge in [0.1, 0.15) is 5.60 Å². The summed E-state index contributed by atoms with van der Waals surface area (Å²) in [6.07, 6.45) is 0.903. The summed E-state index contributed by atoms with van der Waals surface area (Å²) in [6, 6.07) is 0.592. The van der Waals surface area contributed by atoms with Crippen molar-refractivity contribution in [3.05, 3.63) is 0 Å². The van der Waals surface area contributed by atoms with Crippen LogP contribution in [-0.2, 0) is 4.74 Å². The number of likely N-dealkylation sites (tertiary alicyclic amines) is 1. The van der Waals surface area contributed by atoms with Gasteiger partial charge < -0.3 is 19.9 Å². The van der Waals surface area contributed by atoms with Gasteiger partial charge in [0.15, 0.2) is 0 Å². The predicted molar refractivity (Wildman–Crippen MR) is 84.4 cm³/mol. The van der Waals surface area contributed by atoms with E-state index in [2.05, 4.69) is 24.2 Å². The second-order valence-corrected chi connectivity index (χ2v) is 7.61. The van der Waals surface area contributed by atoms with Gasteiger partial charge in [0.05, 0.1) is 0 Å². The molecule has 3 unspecified atom stereocenters. The monoisotopic (exact) mass is 297 g/mol. The van der Waals surface area contributed by atoms with Crippen LogP contribution in [0.1, 0.15) is 34.1 Å². The van der Waals surface area contributed by atoms with Crippen molar-refractivity contribution in [2.45, 2.75) is 45.8 Å². The number of amides is 1. The van der Waals surface area contributed by atoms with Crippen LogP contribution in [0.25, 0.3) is 0 Å². The van der Waals surface area contributed by atoms with Crippen LogP contribution in [0.3, 0.4) is 0 Å². The Bertz CT molecular complexity index is 367. The van der Waals surface area contributed by atoms with E-state index in [0.717, 1.165) is 39.1 Å². The second kappa shape index (κ2) is 6.53. The molecular weight excluding hydrogens is 266 g/mol. The maximum atomic E-state index is 12.2. The summed E-state index contributed by atoms with van der Waals surface area (Å²) in [4.78, 5) is 16.5. The molecule has 3 atom stereocenters. The second-order valence-electron chi connectivity index (χ2n) is 7.61. The molecule has 122 valence electrons.